The molecule has 4 aromatic carbocycles. The molecule has 6 heteroatoms. The molecule has 2 saturated carbocycles. The van der Waals surface area contributed by atoms with E-state index in [-0.39, 0.29) is 0 Å². The van der Waals surface area contributed by atoms with E-state index in [1.54, 1.807) is 0 Å². The summed E-state index contributed by atoms with van der Waals surface area (Å²) in [7, 11) is -1.45. The maximum absolute atomic E-state index is 5.48. The molecule has 2 N–H and O–H groups in total. The quantitative estimate of drug-likeness (QED) is 0.0602. The number of nitrogens with zero attached hydrogens (tertiary/aromatic N) is 2. The van der Waals surface area contributed by atoms with E-state index in [2.05, 4.69) is 132 Å². The van der Waals surface area contributed by atoms with Gasteiger partial charge in [0.2, 0.25) is 0 Å². The van der Waals surface area contributed by atoms with Crippen molar-refractivity contribution in [3.8, 4) is 0 Å². The third kappa shape index (κ3) is 10.8. The van der Waals surface area contributed by atoms with Crippen LogP contribution in [0.1, 0.15) is 83.5 Å². The molecule has 2 aliphatic carbocycles. The Kier molecular flexibility index (Phi) is 14.3. The number of amidine groups is 2. The summed E-state index contributed by atoms with van der Waals surface area (Å²) in [5.74, 6) is 0. The van der Waals surface area contributed by atoms with Gasteiger partial charge in [0.1, 0.15) is 11.2 Å². The lowest BCUT2D eigenvalue weighted by atomic mass is 9.96. The van der Waals surface area contributed by atoms with Gasteiger partial charge in [-0.1, -0.05) is 160 Å². The van der Waals surface area contributed by atoms with Gasteiger partial charge in [0.25, 0.3) is 0 Å². The Morgan fingerprint density at radius 1 is 0.510 bits per heavy atom. The molecule has 0 saturated heterocycles. The summed E-state index contributed by atoms with van der Waals surface area (Å²) in [4.78, 5) is 10.9. The predicted molar refractivity (Wildman–Crippen MR) is 217 cm³/mol. The summed E-state index contributed by atoms with van der Waals surface area (Å²) in [6.07, 6.45) is 16.2. The monoisotopic (exact) mass is 688 g/mol. The molecule has 4 aromatic rings. The van der Waals surface area contributed by atoms with Crippen LogP contribution in [0, 0.1) is 0 Å². The number of hydrogen-bond acceptors (Lipinski definition) is 2. The first kappa shape index (κ1) is 35.5. The van der Waals surface area contributed by atoms with Crippen molar-refractivity contribution >= 4 is 48.2 Å². The Labute approximate surface area is 297 Å². The van der Waals surface area contributed by atoms with Gasteiger partial charge < -0.3 is 10.6 Å². The number of benzene rings is 4. The van der Waals surface area contributed by atoms with Crippen molar-refractivity contribution in [2.45, 2.75) is 95.6 Å². The first-order valence-electron chi connectivity index (χ1n) is 18.8. The molecule has 256 valence electrons. The molecule has 0 amide bonds. The summed E-state index contributed by atoms with van der Waals surface area (Å²) in [5, 5.41) is 13.4. The van der Waals surface area contributed by atoms with Gasteiger partial charge in [-0.05, 0) is 66.2 Å². The lowest BCUT2D eigenvalue weighted by Gasteiger charge is -2.29. The molecule has 49 heavy (non-hydrogen) atoms. The fourth-order valence-electron chi connectivity index (χ4n) is 7.07. The van der Waals surface area contributed by atoms with Crippen molar-refractivity contribution in [3.05, 3.63) is 121 Å². The van der Waals surface area contributed by atoms with Gasteiger partial charge in [-0.3, -0.25) is 9.98 Å². The van der Waals surface area contributed by atoms with Crippen LogP contribution in [0.3, 0.4) is 0 Å². The second-order valence-corrected chi connectivity index (χ2v) is 17.7. The number of rotatable bonds is 14. The Balaban J connectivity index is 1.13. The fraction of sp³-hybridized carbons (Fsp3) is 0.395. The molecule has 0 bridgehead atoms. The molecular weight excluding hydrogens is 634 g/mol. The average molecular weight is 689 g/mol. The highest BCUT2D eigenvalue weighted by atomic mass is 31.1. The van der Waals surface area contributed by atoms with Crippen LogP contribution >= 0.6 is 15.8 Å². The number of aliphatic imine (C=N–C) groups is 2. The summed E-state index contributed by atoms with van der Waals surface area (Å²) in [6.45, 7) is 1.80. The zero-order valence-corrected chi connectivity index (χ0v) is 30.9. The number of nitrogens with one attached hydrogen (secondary N) is 2. The van der Waals surface area contributed by atoms with Crippen LogP contribution in [0.5, 0.6) is 0 Å². The third-order valence-corrected chi connectivity index (χ3v) is 14.3. The highest BCUT2D eigenvalue weighted by Gasteiger charge is 2.25. The molecule has 0 heterocycles. The second-order valence-electron chi connectivity index (χ2n) is 13.4. The van der Waals surface area contributed by atoms with Crippen LogP contribution in [0.4, 0.5) is 0 Å². The maximum atomic E-state index is 5.48. The van der Waals surface area contributed by atoms with Crippen molar-refractivity contribution in [2.24, 2.45) is 9.98 Å². The van der Waals surface area contributed by atoms with E-state index in [1.807, 2.05) is 0 Å². The molecule has 0 atom stereocenters. The zero-order valence-electron chi connectivity index (χ0n) is 29.1. The van der Waals surface area contributed by atoms with Crippen LogP contribution in [0.15, 0.2) is 131 Å². The molecule has 0 radical (unpaired) electrons. The van der Waals surface area contributed by atoms with Crippen molar-refractivity contribution in [3.63, 3.8) is 0 Å². The van der Waals surface area contributed by atoms with Gasteiger partial charge in [0.15, 0.2) is 0 Å². The smallest absolute Gasteiger partial charge is 0.129 e. The molecule has 2 fully saturated rings. The third-order valence-electron chi connectivity index (χ3n) is 9.68. The predicted octanol–water partition coefficient (Wildman–Crippen LogP) is 8.98. The van der Waals surface area contributed by atoms with E-state index in [0.29, 0.717) is 12.1 Å². The summed E-state index contributed by atoms with van der Waals surface area (Å²) < 4.78 is 0. The van der Waals surface area contributed by atoms with Crippen LogP contribution in [-0.4, -0.2) is 36.3 Å². The summed E-state index contributed by atoms with van der Waals surface area (Å²) in [6, 6.07) is 45.1. The van der Waals surface area contributed by atoms with Gasteiger partial charge in [-0.2, -0.15) is 0 Å². The van der Waals surface area contributed by atoms with Crippen LogP contribution < -0.4 is 31.9 Å². The van der Waals surface area contributed by atoms with E-state index in [1.165, 1.54) is 96.6 Å². The minimum absolute atomic E-state index is 0.433. The van der Waals surface area contributed by atoms with Crippen molar-refractivity contribution in [2.75, 3.05) is 13.1 Å². The minimum Gasteiger partial charge on any atom is -0.370 e. The first-order chi connectivity index (χ1) is 24.3. The maximum Gasteiger partial charge on any atom is 0.129 e. The van der Waals surface area contributed by atoms with Crippen molar-refractivity contribution in [1.29, 1.82) is 0 Å². The molecule has 2 aliphatic rings. The first-order valence-corrected chi connectivity index (χ1v) is 21.5. The van der Waals surface area contributed by atoms with Crippen molar-refractivity contribution < 1.29 is 0 Å². The largest absolute Gasteiger partial charge is 0.370 e. The van der Waals surface area contributed by atoms with Crippen LogP contribution in [0.2, 0.25) is 0 Å². The molecule has 0 unspecified atom stereocenters. The minimum atomic E-state index is -0.725. The molecule has 6 rings (SSSR count). The van der Waals surface area contributed by atoms with Gasteiger partial charge >= 0.3 is 0 Å². The Hall–Kier alpha value is -3.32. The number of hydrogen-bond donors (Lipinski definition) is 2. The molecule has 0 spiro atoms. The normalized spacial score (nSPS) is 16.6. The fourth-order valence-corrected chi connectivity index (χ4v) is 11.6. The Bertz CT molecular complexity index is 1470. The summed E-state index contributed by atoms with van der Waals surface area (Å²) in [5.41, 5.74) is 2.41. The van der Waals surface area contributed by atoms with E-state index in [9.17, 15) is 0 Å². The van der Waals surface area contributed by atoms with Crippen molar-refractivity contribution in [1.82, 2.24) is 10.6 Å². The van der Waals surface area contributed by atoms with Crippen LogP contribution in [0.25, 0.3) is 0 Å². The lowest BCUT2D eigenvalue weighted by Crippen LogP contribution is -2.38. The summed E-state index contributed by atoms with van der Waals surface area (Å²) >= 11 is 0. The van der Waals surface area contributed by atoms with Gasteiger partial charge in [-0.15, -0.1) is 0 Å². The Morgan fingerprint density at radius 3 is 1.45 bits per heavy atom. The SMILES string of the molecule is c1ccc(P(/C(=N\C2CCCCC2)NCCCCC/N=C(/NC2CCCCC2)P(c2ccccc2)c2ccccc2)c2ccccc2)cc1. The number of unbranched alkanes of at least 4 members (excludes halogenated alkanes) is 2. The highest BCUT2D eigenvalue weighted by Crippen LogP contribution is 2.37. The van der Waals surface area contributed by atoms with E-state index in [4.69, 9.17) is 9.98 Å². The molecule has 0 aromatic heterocycles. The lowest BCUT2D eigenvalue weighted by molar-refractivity contribution is 0.414. The van der Waals surface area contributed by atoms with E-state index >= 15 is 0 Å². The van der Waals surface area contributed by atoms with Crippen LogP contribution in [-0.2, 0) is 0 Å². The molecular formula is C43H54N4P2. The standard InChI is InChI=1S/C43H54N4P2/c1-8-22-36(23-9-1)46-42(48(38-26-12-3-13-27-38)39-28-14-4-15-29-39)44-34-20-7-21-35-45-43(47-37-24-10-2-11-25-37)49(40-30-16-5-17-31-40)41-32-18-6-19-33-41/h3-6,12-19,26-33,36-37H,1-2,7-11,20-25,34-35H2,(H,44,46)(H,45,47). The highest BCUT2D eigenvalue weighted by molar-refractivity contribution is 7.88. The van der Waals surface area contributed by atoms with E-state index in [0.717, 1.165) is 32.4 Å². The Morgan fingerprint density at radius 2 is 0.959 bits per heavy atom. The second kappa shape index (κ2) is 19.8. The van der Waals surface area contributed by atoms with Gasteiger partial charge in [0.05, 0.1) is 6.04 Å². The zero-order chi connectivity index (χ0) is 33.4. The van der Waals surface area contributed by atoms with Gasteiger partial charge in [-0.25, -0.2) is 0 Å². The topological polar surface area (TPSA) is 48.8 Å². The van der Waals surface area contributed by atoms with E-state index < -0.39 is 15.8 Å². The molecule has 0 aliphatic heterocycles. The van der Waals surface area contributed by atoms with Gasteiger partial charge in [0, 0.05) is 35.0 Å². The average Bonchev–Trinajstić information content (AvgIpc) is 3.17. The molecule has 4 nitrogen and oxygen atoms in total.